The van der Waals surface area contributed by atoms with Crippen LogP contribution < -0.4 is 4.74 Å². The maximum absolute atomic E-state index is 15.3. The molecule has 7 nitrogen and oxygen atoms in total. The second kappa shape index (κ2) is 9.47. The first-order valence-electron chi connectivity index (χ1n) is 10.0. The van der Waals surface area contributed by atoms with Crippen LogP contribution in [0, 0.1) is 17.1 Å². The fraction of sp³-hybridized carbons (Fsp3) is 0.0417. The summed E-state index contributed by atoms with van der Waals surface area (Å²) in [6.07, 6.45) is -0.0516. The quantitative estimate of drug-likeness (QED) is 0.242. The molecule has 0 aliphatic heterocycles. The molecule has 0 radical (unpaired) electrons. The molecule has 0 spiro atoms. The van der Waals surface area contributed by atoms with E-state index >= 15 is 4.39 Å². The molecule has 0 unspecified atom stereocenters. The van der Waals surface area contributed by atoms with E-state index in [1.54, 1.807) is 12.1 Å². The Hall–Kier alpha value is -3.77. The van der Waals surface area contributed by atoms with Gasteiger partial charge in [0, 0.05) is 10.6 Å². The van der Waals surface area contributed by atoms with Crippen molar-refractivity contribution < 1.29 is 13.5 Å². The Morgan fingerprint density at radius 2 is 1.74 bits per heavy atom. The van der Waals surface area contributed by atoms with E-state index < -0.39 is 5.82 Å². The smallest absolute Gasteiger partial charge is 0.269 e. The SMILES string of the molecule is N#Cc1cc(Cl)cc(Oc2c(Cl)ccc(Cc3nnc(-c4nc5ccccc5nc4Cl)o3)c2F)c1. The van der Waals surface area contributed by atoms with E-state index in [4.69, 9.17) is 49.2 Å². The molecule has 35 heavy (non-hydrogen) atoms. The second-order valence-corrected chi connectivity index (χ2v) is 8.47. The van der Waals surface area contributed by atoms with Gasteiger partial charge in [0.05, 0.1) is 34.1 Å². The van der Waals surface area contributed by atoms with Gasteiger partial charge in [-0.1, -0.05) is 53.0 Å². The normalized spacial score (nSPS) is 10.9. The number of rotatable bonds is 5. The van der Waals surface area contributed by atoms with Crippen LogP contribution in [0.4, 0.5) is 4.39 Å². The number of hydrogen-bond acceptors (Lipinski definition) is 7. The van der Waals surface area contributed by atoms with E-state index in [-0.39, 0.29) is 61.7 Å². The Morgan fingerprint density at radius 1 is 0.971 bits per heavy atom. The molecular formula is C24H11Cl3FN5O2. The van der Waals surface area contributed by atoms with E-state index in [0.717, 1.165) is 0 Å². The zero-order valence-corrected chi connectivity index (χ0v) is 19.7. The molecule has 5 aromatic rings. The molecule has 0 fully saturated rings. The summed E-state index contributed by atoms with van der Waals surface area (Å²) >= 11 is 18.4. The third-order valence-corrected chi connectivity index (χ3v) is 5.67. The van der Waals surface area contributed by atoms with E-state index in [9.17, 15) is 0 Å². The number of halogens is 4. The summed E-state index contributed by atoms with van der Waals surface area (Å²) < 4.78 is 26.6. The molecule has 5 rings (SSSR count). The van der Waals surface area contributed by atoms with Gasteiger partial charge in [-0.05, 0) is 36.4 Å². The molecule has 172 valence electrons. The number of aromatic nitrogens is 4. The lowest BCUT2D eigenvalue weighted by molar-refractivity contribution is 0.437. The van der Waals surface area contributed by atoms with Gasteiger partial charge in [0.2, 0.25) is 5.89 Å². The van der Waals surface area contributed by atoms with Gasteiger partial charge in [-0.2, -0.15) is 5.26 Å². The first-order valence-corrected chi connectivity index (χ1v) is 11.1. The maximum atomic E-state index is 15.3. The van der Waals surface area contributed by atoms with Gasteiger partial charge >= 0.3 is 0 Å². The largest absolute Gasteiger partial charge is 0.453 e. The number of para-hydroxylation sites is 2. The molecule has 0 N–H and O–H groups in total. The number of ether oxygens (including phenoxy) is 1. The summed E-state index contributed by atoms with van der Waals surface area (Å²) in [5.74, 6) is -0.612. The third kappa shape index (κ3) is 4.75. The number of fused-ring (bicyclic) bond motifs is 1. The summed E-state index contributed by atoms with van der Waals surface area (Å²) in [7, 11) is 0. The predicted octanol–water partition coefficient (Wildman–Crippen LogP) is 7.03. The van der Waals surface area contributed by atoms with Crippen LogP contribution in [-0.4, -0.2) is 20.2 Å². The van der Waals surface area contributed by atoms with Gasteiger partial charge in [-0.15, -0.1) is 10.2 Å². The van der Waals surface area contributed by atoms with Crippen LogP contribution in [0.15, 0.2) is 59.0 Å². The minimum Gasteiger partial charge on any atom is -0.453 e. The molecule has 0 atom stereocenters. The van der Waals surface area contributed by atoms with Crippen LogP contribution >= 0.6 is 34.8 Å². The van der Waals surface area contributed by atoms with Crippen molar-refractivity contribution in [1.82, 2.24) is 20.2 Å². The number of nitrogens with zero attached hydrogens (tertiary/aromatic N) is 5. The molecule has 3 aromatic carbocycles. The van der Waals surface area contributed by atoms with Crippen LogP contribution in [0.5, 0.6) is 11.5 Å². The van der Waals surface area contributed by atoms with Crippen LogP contribution in [0.25, 0.3) is 22.6 Å². The van der Waals surface area contributed by atoms with Gasteiger partial charge < -0.3 is 9.15 Å². The minimum atomic E-state index is -0.723. The van der Waals surface area contributed by atoms with Crippen molar-refractivity contribution in [1.29, 1.82) is 5.26 Å². The zero-order chi connectivity index (χ0) is 24.5. The maximum Gasteiger partial charge on any atom is 0.269 e. The van der Waals surface area contributed by atoms with Gasteiger partial charge in [-0.25, -0.2) is 14.4 Å². The lowest BCUT2D eigenvalue weighted by atomic mass is 10.1. The van der Waals surface area contributed by atoms with Crippen molar-refractivity contribution in [3.63, 3.8) is 0 Å². The van der Waals surface area contributed by atoms with Crippen molar-refractivity contribution in [3.05, 3.63) is 92.6 Å². The summed E-state index contributed by atoms with van der Waals surface area (Å²) in [4.78, 5) is 8.73. The average molecular weight is 527 g/mol. The monoisotopic (exact) mass is 525 g/mol. The fourth-order valence-corrected chi connectivity index (χ4v) is 3.93. The average Bonchev–Trinajstić information content (AvgIpc) is 3.31. The summed E-state index contributed by atoms with van der Waals surface area (Å²) in [5.41, 5.74) is 1.90. The molecule has 0 saturated carbocycles. The molecule has 0 amide bonds. The van der Waals surface area contributed by atoms with Crippen LogP contribution in [-0.2, 0) is 6.42 Å². The van der Waals surface area contributed by atoms with Gasteiger partial charge in [0.15, 0.2) is 22.4 Å². The number of benzene rings is 3. The Kier molecular flexibility index (Phi) is 6.22. The summed E-state index contributed by atoms with van der Waals surface area (Å²) in [6, 6.07) is 16.5. The Bertz CT molecular complexity index is 1630. The van der Waals surface area contributed by atoms with Gasteiger partial charge in [0.1, 0.15) is 5.75 Å². The molecule has 0 saturated heterocycles. The standard InChI is InChI=1S/C24H11Cl3FN5O2/c25-14-7-12(11-29)8-15(10-14)34-22-16(26)6-5-13(20(22)28)9-19-32-33-24(35-19)21-23(27)31-18-4-2-1-3-17(18)30-21/h1-8,10H,9H2. The highest BCUT2D eigenvalue weighted by molar-refractivity contribution is 6.32. The lowest BCUT2D eigenvalue weighted by Crippen LogP contribution is -1.98. The Labute approximate surface area is 212 Å². The van der Waals surface area contributed by atoms with Crippen molar-refractivity contribution in [3.8, 4) is 29.2 Å². The molecule has 2 heterocycles. The van der Waals surface area contributed by atoms with E-state index in [1.807, 2.05) is 18.2 Å². The first-order chi connectivity index (χ1) is 16.9. The molecule has 0 aliphatic rings. The highest BCUT2D eigenvalue weighted by Gasteiger charge is 2.20. The van der Waals surface area contributed by atoms with E-state index in [2.05, 4.69) is 20.2 Å². The highest BCUT2D eigenvalue weighted by atomic mass is 35.5. The Morgan fingerprint density at radius 3 is 2.51 bits per heavy atom. The van der Waals surface area contributed by atoms with Gasteiger partial charge in [0.25, 0.3) is 5.89 Å². The fourth-order valence-electron chi connectivity index (χ4n) is 3.31. The van der Waals surface area contributed by atoms with Crippen molar-refractivity contribution in [2.45, 2.75) is 6.42 Å². The number of hydrogen-bond donors (Lipinski definition) is 0. The topological polar surface area (TPSA) is 97.7 Å². The molecule has 11 heteroatoms. The molecule has 2 aromatic heterocycles. The first kappa shape index (κ1) is 23.0. The Balaban J connectivity index is 1.44. The van der Waals surface area contributed by atoms with Gasteiger partial charge in [-0.3, -0.25) is 0 Å². The van der Waals surface area contributed by atoms with E-state index in [0.29, 0.717) is 11.0 Å². The van der Waals surface area contributed by atoms with Crippen LogP contribution in [0.1, 0.15) is 17.0 Å². The summed E-state index contributed by atoms with van der Waals surface area (Å²) in [6.45, 7) is 0. The van der Waals surface area contributed by atoms with Crippen LogP contribution in [0.2, 0.25) is 15.2 Å². The minimum absolute atomic E-state index is 0.0363. The van der Waals surface area contributed by atoms with Crippen molar-refractivity contribution in [2.24, 2.45) is 0 Å². The lowest BCUT2D eigenvalue weighted by Gasteiger charge is -2.11. The van der Waals surface area contributed by atoms with E-state index in [1.165, 1.54) is 30.3 Å². The van der Waals surface area contributed by atoms with Crippen LogP contribution in [0.3, 0.4) is 0 Å². The highest BCUT2D eigenvalue weighted by Crippen LogP contribution is 2.36. The predicted molar refractivity (Wildman–Crippen MR) is 128 cm³/mol. The van der Waals surface area contributed by atoms with Crippen molar-refractivity contribution in [2.75, 3.05) is 0 Å². The molecule has 0 aliphatic carbocycles. The molecule has 0 bridgehead atoms. The third-order valence-electron chi connectivity index (χ3n) is 4.89. The number of nitriles is 1. The van der Waals surface area contributed by atoms with Crippen molar-refractivity contribution >= 4 is 45.8 Å². The molecular weight excluding hydrogens is 516 g/mol. The summed E-state index contributed by atoms with van der Waals surface area (Å²) in [5, 5.41) is 17.5. The zero-order valence-electron chi connectivity index (χ0n) is 17.5. The second-order valence-electron chi connectivity index (χ2n) is 7.27.